The van der Waals surface area contributed by atoms with Gasteiger partial charge in [0.05, 0.1) is 5.56 Å². The molecule has 1 fully saturated rings. The third kappa shape index (κ3) is 2.90. The van der Waals surface area contributed by atoms with Crippen molar-refractivity contribution in [2.24, 2.45) is 11.8 Å². The van der Waals surface area contributed by atoms with Crippen LogP contribution in [0.5, 0.6) is 11.5 Å². The first kappa shape index (κ1) is 11.8. The largest absolute Gasteiger partial charge is 0.508 e. The van der Waals surface area contributed by atoms with Gasteiger partial charge in [-0.05, 0) is 42.9 Å². The number of phenolic OH excluding ortho intramolecular Hbond substituents is 2. The second-order valence-electron chi connectivity index (χ2n) is 4.73. The molecule has 1 aliphatic rings. The van der Waals surface area contributed by atoms with Gasteiger partial charge in [0, 0.05) is 6.54 Å². The Labute approximate surface area is 100 Å². The van der Waals surface area contributed by atoms with Gasteiger partial charge in [-0.2, -0.15) is 0 Å². The molecule has 3 N–H and O–H groups in total. The molecule has 0 heterocycles. The molecule has 0 aromatic heterocycles. The summed E-state index contributed by atoms with van der Waals surface area (Å²) < 4.78 is 0. The van der Waals surface area contributed by atoms with Crippen molar-refractivity contribution in [1.29, 1.82) is 0 Å². The zero-order valence-electron chi connectivity index (χ0n) is 9.81. The molecule has 0 saturated heterocycles. The fourth-order valence-corrected chi connectivity index (χ4v) is 1.89. The van der Waals surface area contributed by atoms with Gasteiger partial charge in [0.1, 0.15) is 11.5 Å². The Kier molecular flexibility index (Phi) is 3.22. The second kappa shape index (κ2) is 4.65. The minimum atomic E-state index is -0.342. The standard InChI is InChI=1S/C13H17NO3/c1-8(9-2-3-9)7-14-13(17)11-6-10(15)4-5-12(11)16/h4-6,8-9,15-16H,2-3,7H2,1H3,(H,14,17). The maximum atomic E-state index is 11.8. The SMILES string of the molecule is CC(CNC(=O)c1cc(O)ccc1O)C1CC1. The number of benzene rings is 1. The predicted octanol–water partition coefficient (Wildman–Crippen LogP) is 1.87. The van der Waals surface area contributed by atoms with Crippen LogP contribution in [-0.4, -0.2) is 22.7 Å². The van der Waals surface area contributed by atoms with E-state index in [0.717, 1.165) is 5.92 Å². The molecule has 0 bridgehead atoms. The van der Waals surface area contributed by atoms with Gasteiger partial charge in [0.2, 0.25) is 0 Å². The van der Waals surface area contributed by atoms with E-state index in [1.54, 1.807) is 0 Å². The first-order chi connectivity index (χ1) is 8.08. The number of phenols is 2. The Hall–Kier alpha value is -1.71. The van der Waals surface area contributed by atoms with E-state index in [1.807, 2.05) is 0 Å². The third-order valence-corrected chi connectivity index (χ3v) is 3.24. The van der Waals surface area contributed by atoms with Crippen LogP contribution in [0.25, 0.3) is 0 Å². The van der Waals surface area contributed by atoms with Crippen LogP contribution in [0.4, 0.5) is 0 Å². The predicted molar refractivity (Wildman–Crippen MR) is 64.0 cm³/mol. The van der Waals surface area contributed by atoms with Gasteiger partial charge in [-0.3, -0.25) is 4.79 Å². The molecule has 4 nitrogen and oxygen atoms in total. The van der Waals surface area contributed by atoms with Crippen molar-refractivity contribution in [3.8, 4) is 11.5 Å². The fourth-order valence-electron chi connectivity index (χ4n) is 1.89. The quantitative estimate of drug-likeness (QED) is 0.698. The number of aromatic hydroxyl groups is 2. The van der Waals surface area contributed by atoms with E-state index in [4.69, 9.17) is 0 Å². The third-order valence-electron chi connectivity index (χ3n) is 3.24. The van der Waals surface area contributed by atoms with E-state index < -0.39 is 0 Å². The van der Waals surface area contributed by atoms with Gasteiger partial charge < -0.3 is 15.5 Å². The lowest BCUT2D eigenvalue weighted by Gasteiger charge is -2.12. The summed E-state index contributed by atoms with van der Waals surface area (Å²) in [4.78, 5) is 11.8. The smallest absolute Gasteiger partial charge is 0.255 e. The molecule has 1 aromatic rings. The highest BCUT2D eigenvalue weighted by atomic mass is 16.3. The summed E-state index contributed by atoms with van der Waals surface area (Å²) in [7, 11) is 0. The summed E-state index contributed by atoms with van der Waals surface area (Å²) in [5, 5.41) is 21.6. The number of amides is 1. The summed E-state index contributed by atoms with van der Waals surface area (Å²) in [6, 6.07) is 3.93. The van der Waals surface area contributed by atoms with Crippen molar-refractivity contribution in [3.63, 3.8) is 0 Å². The van der Waals surface area contributed by atoms with Gasteiger partial charge in [-0.25, -0.2) is 0 Å². The minimum absolute atomic E-state index is 0.0248. The van der Waals surface area contributed by atoms with Crippen LogP contribution >= 0.6 is 0 Å². The first-order valence-electron chi connectivity index (χ1n) is 5.88. The summed E-state index contributed by atoms with van der Waals surface area (Å²) in [6.07, 6.45) is 2.49. The molecular weight excluding hydrogens is 218 g/mol. The zero-order chi connectivity index (χ0) is 12.4. The van der Waals surface area contributed by atoms with Crippen LogP contribution in [0.15, 0.2) is 18.2 Å². The molecule has 1 saturated carbocycles. The van der Waals surface area contributed by atoms with E-state index in [0.29, 0.717) is 12.5 Å². The van der Waals surface area contributed by atoms with Gasteiger partial charge >= 0.3 is 0 Å². The first-order valence-corrected chi connectivity index (χ1v) is 5.88. The van der Waals surface area contributed by atoms with Crippen LogP contribution in [0, 0.1) is 11.8 Å². The molecule has 1 atom stereocenters. The monoisotopic (exact) mass is 235 g/mol. The zero-order valence-corrected chi connectivity index (χ0v) is 9.81. The van der Waals surface area contributed by atoms with E-state index in [2.05, 4.69) is 12.2 Å². The van der Waals surface area contributed by atoms with Crippen LogP contribution < -0.4 is 5.32 Å². The normalized spacial score (nSPS) is 16.5. The van der Waals surface area contributed by atoms with Crippen molar-refractivity contribution in [2.75, 3.05) is 6.54 Å². The summed E-state index contributed by atoms with van der Waals surface area (Å²) in [5.41, 5.74) is 0.119. The highest BCUT2D eigenvalue weighted by Gasteiger charge is 2.28. The highest BCUT2D eigenvalue weighted by Crippen LogP contribution is 2.36. The Bertz CT molecular complexity index is 427. The molecule has 17 heavy (non-hydrogen) atoms. The number of hydrogen-bond acceptors (Lipinski definition) is 3. The summed E-state index contributed by atoms with van der Waals surface area (Å²) >= 11 is 0. The van der Waals surface area contributed by atoms with Gasteiger partial charge in [-0.15, -0.1) is 0 Å². The molecule has 0 aliphatic heterocycles. The molecule has 1 aromatic carbocycles. The lowest BCUT2D eigenvalue weighted by Crippen LogP contribution is -2.29. The molecule has 2 rings (SSSR count). The van der Waals surface area contributed by atoms with E-state index >= 15 is 0 Å². The van der Waals surface area contributed by atoms with Crippen LogP contribution in [0.2, 0.25) is 0 Å². The number of hydrogen-bond donors (Lipinski definition) is 3. The van der Waals surface area contributed by atoms with Crippen LogP contribution in [0.3, 0.4) is 0 Å². The van der Waals surface area contributed by atoms with Crippen molar-refractivity contribution in [1.82, 2.24) is 5.32 Å². The maximum Gasteiger partial charge on any atom is 0.255 e. The lowest BCUT2D eigenvalue weighted by atomic mass is 10.1. The van der Waals surface area contributed by atoms with Crippen molar-refractivity contribution >= 4 is 5.91 Å². The lowest BCUT2D eigenvalue weighted by molar-refractivity contribution is 0.0943. The Morgan fingerprint density at radius 1 is 1.47 bits per heavy atom. The van der Waals surface area contributed by atoms with Crippen LogP contribution in [0.1, 0.15) is 30.1 Å². The minimum Gasteiger partial charge on any atom is -0.508 e. The summed E-state index contributed by atoms with van der Waals surface area (Å²) in [5.74, 6) is 0.722. The average molecular weight is 235 g/mol. The van der Waals surface area contributed by atoms with Gasteiger partial charge in [0.25, 0.3) is 5.91 Å². The molecule has 92 valence electrons. The van der Waals surface area contributed by atoms with Crippen molar-refractivity contribution < 1.29 is 15.0 Å². The number of rotatable bonds is 4. The molecule has 1 aliphatic carbocycles. The molecule has 0 spiro atoms. The highest BCUT2D eigenvalue weighted by molar-refractivity contribution is 5.97. The molecule has 1 unspecified atom stereocenters. The fraction of sp³-hybridized carbons (Fsp3) is 0.462. The molecule has 0 radical (unpaired) electrons. The van der Waals surface area contributed by atoms with Crippen LogP contribution in [-0.2, 0) is 0 Å². The molecular formula is C13H17NO3. The van der Waals surface area contributed by atoms with E-state index in [9.17, 15) is 15.0 Å². The number of carbonyl (C=O) groups excluding carboxylic acids is 1. The topological polar surface area (TPSA) is 69.6 Å². The second-order valence-corrected chi connectivity index (χ2v) is 4.73. The van der Waals surface area contributed by atoms with Crippen molar-refractivity contribution in [2.45, 2.75) is 19.8 Å². The Balaban J connectivity index is 1.96. The molecule has 1 amide bonds. The van der Waals surface area contributed by atoms with Gasteiger partial charge in [0.15, 0.2) is 0 Å². The Morgan fingerprint density at radius 2 is 2.18 bits per heavy atom. The van der Waals surface area contributed by atoms with E-state index in [-0.39, 0.29) is 23.0 Å². The average Bonchev–Trinajstić information content (AvgIpc) is 3.12. The number of carbonyl (C=O) groups is 1. The Morgan fingerprint density at radius 3 is 2.82 bits per heavy atom. The molecule has 4 heteroatoms. The summed E-state index contributed by atoms with van der Waals surface area (Å²) in [6.45, 7) is 2.72. The van der Waals surface area contributed by atoms with Crippen molar-refractivity contribution in [3.05, 3.63) is 23.8 Å². The maximum absolute atomic E-state index is 11.8. The number of nitrogens with one attached hydrogen (secondary N) is 1. The van der Waals surface area contributed by atoms with Gasteiger partial charge in [-0.1, -0.05) is 6.92 Å². The van der Waals surface area contributed by atoms with E-state index in [1.165, 1.54) is 31.0 Å².